The number of rotatable bonds is 6. The average Bonchev–Trinajstić information content (AvgIpc) is 3.28. The molecule has 0 saturated carbocycles. The van der Waals surface area contributed by atoms with Gasteiger partial charge in [0.2, 0.25) is 15.9 Å². The number of carbonyl (C=O) groups is 1. The quantitative estimate of drug-likeness (QED) is 0.682. The number of nitrogens with zero attached hydrogens (tertiary/aromatic N) is 1. The van der Waals surface area contributed by atoms with E-state index in [0.717, 1.165) is 24.8 Å². The minimum absolute atomic E-state index is 0.125. The summed E-state index contributed by atoms with van der Waals surface area (Å²) in [6.07, 6.45) is 6.60. The molecule has 1 N–H and O–H groups in total. The third-order valence-electron chi connectivity index (χ3n) is 6.43. The Hall–Kier alpha value is -1.89. The van der Waals surface area contributed by atoms with Crippen molar-refractivity contribution in [2.75, 3.05) is 6.54 Å². The molecule has 0 unspecified atom stereocenters. The Kier molecular flexibility index (Phi) is 6.70. The van der Waals surface area contributed by atoms with Crippen molar-refractivity contribution in [2.45, 2.75) is 68.8 Å². The minimum atomic E-state index is -3.76. The first kappa shape index (κ1) is 22.3. The van der Waals surface area contributed by atoms with E-state index in [-0.39, 0.29) is 16.8 Å². The van der Waals surface area contributed by atoms with Crippen LogP contribution in [0.1, 0.15) is 61.8 Å². The van der Waals surface area contributed by atoms with Crippen LogP contribution in [0.3, 0.4) is 0 Å². The highest BCUT2D eigenvalue weighted by Gasteiger charge is 2.40. The molecule has 166 valence electrons. The molecule has 0 radical (unpaired) electrons. The molecule has 1 saturated heterocycles. The normalized spacial score (nSPS) is 20.3. The van der Waals surface area contributed by atoms with Gasteiger partial charge >= 0.3 is 0 Å². The fraction of sp³-hybridized carbons (Fsp3) is 0.458. The molecule has 2 atom stereocenters. The lowest BCUT2D eigenvalue weighted by atomic mass is 9.88. The van der Waals surface area contributed by atoms with Crippen molar-refractivity contribution in [1.29, 1.82) is 0 Å². The summed E-state index contributed by atoms with van der Waals surface area (Å²) >= 11 is 5.90. The predicted octanol–water partition coefficient (Wildman–Crippen LogP) is 4.64. The van der Waals surface area contributed by atoms with Crippen LogP contribution in [-0.2, 0) is 27.7 Å². The van der Waals surface area contributed by atoms with Crippen LogP contribution in [-0.4, -0.2) is 31.2 Å². The number of hydrogen-bond donors (Lipinski definition) is 1. The first-order valence-electron chi connectivity index (χ1n) is 11.1. The molecule has 1 heterocycles. The fourth-order valence-electron chi connectivity index (χ4n) is 4.69. The Balaban J connectivity index is 1.52. The predicted molar refractivity (Wildman–Crippen MR) is 123 cm³/mol. The lowest BCUT2D eigenvalue weighted by molar-refractivity contribution is -0.125. The summed E-state index contributed by atoms with van der Waals surface area (Å²) in [4.78, 5) is 13.3. The van der Waals surface area contributed by atoms with Crippen LogP contribution >= 0.6 is 11.6 Å². The van der Waals surface area contributed by atoms with Gasteiger partial charge in [-0.25, -0.2) is 8.42 Å². The maximum absolute atomic E-state index is 13.2. The molecule has 0 aromatic heterocycles. The largest absolute Gasteiger partial charge is 0.348 e. The van der Waals surface area contributed by atoms with Gasteiger partial charge in [-0.2, -0.15) is 4.31 Å². The van der Waals surface area contributed by atoms with Crippen LogP contribution in [0.25, 0.3) is 0 Å². The van der Waals surface area contributed by atoms with Crippen LogP contribution in [0.2, 0.25) is 5.02 Å². The third kappa shape index (κ3) is 4.66. The van der Waals surface area contributed by atoms with Gasteiger partial charge in [0, 0.05) is 11.6 Å². The molecule has 1 aliphatic heterocycles. The summed E-state index contributed by atoms with van der Waals surface area (Å²) in [5.74, 6) is -0.223. The topological polar surface area (TPSA) is 66.5 Å². The number of halogens is 1. The van der Waals surface area contributed by atoms with E-state index in [1.54, 1.807) is 12.1 Å². The van der Waals surface area contributed by atoms with Gasteiger partial charge in [0.15, 0.2) is 0 Å². The molecule has 2 aromatic rings. The molecular formula is C24H29ClN2O3S. The van der Waals surface area contributed by atoms with Gasteiger partial charge in [-0.1, -0.05) is 36.7 Å². The Morgan fingerprint density at radius 1 is 1.10 bits per heavy atom. The van der Waals surface area contributed by atoms with Crippen molar-refractivity contribution >= 4 is 27.5 Å². The van der Waals surface area contributed by atoms with Crippen molar-refractivity contribution in [2.24, 2.45) is 0 Å². The molecule has 31 heavy (non-hydrogen) atoms. The number of aryl methyl sites for hydroxylation is 2. The first-order valence-corrected chi connectivity index (χ1v) is 12.9. The summed E-state index contributed by atoms with van der Waals surface area (Å²) in [6, 6.07) is 11.8. The van der Waals surface area contributed by atoms with Gasteiger partial charge in [-0.3, -0.25) is 4.79 Å². The lowest BCUT2D eigenvalue weighted by Gasteiger charge is -2.27. The van der Waals surface area contributed by atoms with E-state index in [1.165, 1.54) is 40.4 Å². The van der Waals surface area contributed by atoms with Crippen molar-refractivity contribution in [1.82, 2.24) is 9.62 Å². The molecule has 4 rings (SSSR count). The second kappa shape index (κ2) is 9.31. The summed E-state index contributed by atoms with van der Waals surface area (Å²) < 4.78 is 27.6. The van der Waals surface area contributed by atoms with Gasteiger partial charge in [-0.05, 0) is 85.9 Å². The van der Waals surface area contributed by atoms with E-state index in [4.69, 9.17) is 11.6 Å². The highest BCUT2D eigenvalue weighted by molar-refractivity contribution is 7.89. The maximum atomic E-state index is 13.2. The first-order chi connectivity index (χ1) is 14.9. The molecule has 0 bridgehead atoms. The van der Waals surface area contributed by atoms with E-state index in [0.29, 0.717) is 24.4 Å². The van der Waals surface area contributed by atoms with Gasteiger partial charge in [0.25, 0.3) is 0 Å². The smallest absolute Gasteiger partial charge is 0.243 e. The van der Waals surface area contributed by atoms with Crippen LogP contribution in [0.15, 0.2) is 47.4 Å². The molecule has 7 heteroatoms. The SMILES string of the molecule is CC[C@@H](NC(=O)[C@H]1CCCN1S(=O)(=O)c1ccc(Cl)cc1)c1ccc2c(c1)CCCC2. The molecule has 2 aliphatic rings. The number of carbonyl (C=O) groups excluding carboxylic acids is 1. The summed E-state index contributed by atoms with van der Waals surface area (Å²) in [7, 11) is -3.76. The molecule has 1 fully saturated rings. The summed E-state index contributed by atoms with van der Waals surface area (Å²) in [6.45, 7) is 2.39. The van der Waals surface area contributed by atoms with Gasteiger partial charge in [0.1, 0.15) is 6.04 Å². The van der Waals surface area contributed by atoms with Crippen molar-refractivity contribution in [3.05, 3.63) is 64.2 Å². The molecule has 0 spiro atoms. The van der Waals surface area contributed by atoms with Crippen LogP contribution in [0.5, 0.6) is 0 Å². The Morgan fingerprint density at radius 3 is 2.52 bits per heavy atom. The molecule has 1 amide bonds. The minimum Gasteiger partial charge on any atom is -0.348 e. The van der Waals surface area contributed by atoms with Gasteiger partial charge in [-0.15, -0.1) is 0 Å². The van der Waals surface area contributed by atoms with E-state index in [9.17, 15) is 13.2 Å². The zero-order valence-corrected chi connectivity index (χ0v) is 19.4. The number of hydrogen-bond acceptors (Lipinski definition) is 3. The number of fused-ring (bicyclic) bond motifs is 1. The second-order valence-electron chi connectivity index (χ2n) is 8.43. The van der Waals surface area contributed by atoms with Crippen molar-refractivity contribution in [3.63, 3.8) is 0 Å². The summed E-state index contributed by atoms with van der Waals surface area (Å²) in [5, 5.41) is 3.61. The summed E-state index contributed by atoms with van der Waals surface area (Å²) in [5.41, 5.74) is 3.89. The second-order valence-corrected chi connectivity index (χ2v) is 10.8. The molecule has 1 aliphatic carbocycles. The van der Waals surface area contributed by atoms with E-state index < -0.39 is 16.1 Å². The zero-order chi connectivity index (χ0) is 22.0. The van der Waals surface area contributed by atoms with Gasteiger partial charge in [0.05, 0.1) is 10.9 Å². The third-order valence-corrected chi connectivity index (χ3v) is 8.60. The standard InChI is InChI=1S/C24H29ClN2O3S/c1-2-22(19-10-9-17-6-3-4-7-18(17)16-19)26-24(28)23-8-5-15-27(23)31(29,30)21-13-11-20(25)12-14-21/h9-14,16,22-23H,2-8,15H2,1H3,(H,26,28)/t22-,23-/m1/s1. The van der Waals surface area contributed by atoms with E-state index in [1.807, 2.05) is 6.92 Å². The average molecular weight is 461 g/mol. The Bertz CT molecular complexity index is 1050. The lowest BCUT2D eigenvalue weighted by Crippen LogP contribution is -2.46. The Morgan fingerprint density at radius 2 is 1.81 bits per heavy atom. The van der Waals surface area contributed by atoms with Gasteiger partial charge < -0.3 is 5.32 Å². The zero-order valence-electron chi connectivity index (χ0n) is 17.8. The van der Waals surface area contributed by atoms with E-state index >= 15 is 0 Å². The maximum Gasteiger partial charge on any atom is 0.243 e. The number of benzene rings is 2. The van der Waals surface area contributed by atoms with Crippen LogP contribution in [0, 0.1) is 0 Å². The monoisotopic (exact) mass is 460 g/mol. The van der Waals surface area contributed by atoms with E-state index in [2.05, 4.69) is 23.5 Å². The van der Waals surface area contributed by atoms with Crippen LogP contribution < -0.4 is 5.32 Å². The Labute approximate surface area is 189 Å². The number of sulfonamides is 1. The highest BCUT2D eigenvalue weighted by Crippen LogP contribution is 2.29. The van der Waals surface area contributed by atoms with Crippen molar-refractivity contribution in [3.8, 4) is 0 Å². The molecule has 2 aromatic carbocycles. The fourth-order valence-corrected chi connectivity index (χ4v) is 6.47. The number of nitrogens with one attached hydrogen (secondary N) is 1. The number of amides is 1. The van der Waals surface area contributed by atoms with Crippen molar-refractivity contribution < 1.29 is 13.2 Å². The molecular weight excluding hydrogens is 432 g/mol. The van der Waals surface area contributed by atoms with Crippen LogP contribution in [0.4, 0.5) is 0 Å². The highest BCUT2D eigenvalue weighted by atomic mass is 35.5. The molecule has 5 nitrogen and oxygen atoms in total.